The molecular weight excluding hydrogens is 480 g/mol. The lowest BCUT2D eigenvalue weighted by Gasteiger charge is -2.31. The first-order valence-corrected chi connectivity index (χ1v) is 15.3. The van der Waals surface area contributed by atoms with E-state index in [0.717, 1.165) is 12.0 Å². The van der Waals surface area contributed by atoms with Gasteiger partial charge in [-0.2, -0.15) is 0 Å². The minimum atomic E-state index is 0.204. The van der Waals surface area contributed by atoms with Gasteiger partial charge in [-0.3, -0.25) is 0 Å². The van der Waals surface area contributed by atoms with E-state index in [1.165, 1.54) is 72.0 Å². The van der Waals surface area contributed by atoms with Gasteiger partial charge in [0.25, 0.3) is 0 Å². The number of rotatable bonds is 7. The molecule has 2 aliphatic rings. The van der Waals surface area contributed by atoms with Crippen molar-refractivity contribution in [2.75, 3.05) is 0 Å². The first-order chi connectivity index (χ1) is 18.8. The largest absolute Gasteiger partial charge is 0.0948 e. The molecule has 0 aromatic carbocycles. The SMILES string of the molecule is CC1=C(C#C\C(C)=C/C=C/C(C)=C/C=C/C=C(C)/C=C/CC(C)C#CC2=C(C)CCCC2(C)C)C(C)(C)CCC1. The minimum absolute atomic E-state index is 0.204. The zero-order chi connectivity index (χ0) is 29.8. The Morgan fingerprint density at radius 1 is 0.750 bits per heavy atom. The van der Waals surface area contributed by atoms with Crippen LogP contribution in [0, 0.1) is 40.4 Å². The molecule has 1 atom stereocenters. The number of hydrogen-bond donors (Lipinski definition) is 0. The van der Waals surface area contributed by atoms with Gasteiger partial charge in [0, 0.05) is 17.1 Å². The molecule has 0 bridgehead atoms. The van der Waals surface area contributed by atoms with Crippen LogP contribution in [0.5, 0.6) is 0 Å². The molecule has 40 heavy (non-hydrogen) atoms. The van der Waals surface area contributed by atoms with E-state index in [2.05, 4.69) is 148 Å². The highest BCUT2D eigenvalue weighted by molar-refractivity contribution is 5.44. The maximum atomic E-state index is 3.54. The summed E-state index contributed by atoms with van der Waals surface area (Å²) in [6.07, 6.45) is 27.7. The minimum Gasteiger partial charge on any atom is -0.0948 e. The third kappa shape index (κ3) is 11.3. The average molecular weight is 535 g/mol. The predicted molar refractivity (Wildman–Crippen MR) is 179 cm³/mol. The molecule has 0 aromatic rings. The Bertz CT molecular complexity index is 1260. The lowest BCUT2D eigenvalue weighted by molar-refractivity contribution is 0.379. The molecule has 214 valence electrons. The zero-order valence-electron chi connectivity index (χ0n) is 27.2. The molecule has 2 rings (SSSR count). The highest BCUT2D eigenvalue weighted by Gasteiger charge is 2.28. The van der Waals surface area contributed by atoms with Gasteiger partial charge < -0.3 is 0 Å². The summed E-state index contributed by atoms with van der Waals surface area (Å²) in [5.74, 6) is 14.3. The maximum Gasteiger partial charge on any atom is 0.0212 e. The van der Waals surface area contributed by atoms with Gasteiger partial charge in [0.2, 0.25) is 0 Å². The van der Waals surface area contributed by atoms with Gasteiger partial charge in [-0.15, -0.1) is 0 Å². The van der Waals surface area contributed by atoms with Gasteiger partial charge >= 0.3 is 0 Å². The van der Waals surface area contributed by atoms with Crippen LogP contribution in [0.4, 0.5) is 0 Å². The van der Waals surface area contributed by atoms with Crippen LogP contribution >= 0.6 is 0 Å². The first kappa shape index (κ1) is 33.2. The van der Waals surface area contributed by atoms with Crippen molar-refractivity contribution in [3.05, 3.63) is 93.7 Å². The van der Waals surface area contributed by atoms with Crippen LogP contribution < -0.4 is 0 Å². The molecule has 0 amide bonds. The summed E-state index contributed by atoms with van der Waals surface area (Å²) >= 11 is 0. The fourth-order valence-electron chi connectivity index (χ4n) is 5.58. The Morgan fingerprint density at radius 2 is 1.27 bits per heavy atom. The summed E-state index contributed by atoms with van der Waals surface area (Å²) in [7, 11) is 0. The van der Waals surface area contributed by atoms with Crippen LogP contribution in [0.1, 0.15) is 114 Å². The second kappa shape index (κ2) is 15.7. The third-order valence-electron chi connectivity index (χ3n) is 8.15. The Labute approximate surface area is 247 Å². The quantitative estimate of drug-likeness (QED) is 0.225. The van der Waals surface area contributed by atoms with E-state index in [9.17, 15) is 0 Å². The summed E-state index contributed by atoms with van der Waals surface area (Å²) in [6, 6.07) is 0. The van der Waals surface area contributed by atoms with E-state index >= 15 is 0 Å². The molecule has 0 fully saturated rings. The van der Waals surface area contributed by atoms with Gasteiger partial charge in [0.15, 0.2) is 0 Å². The van der Waals surface area contributed by atoms with Crippen molar-refractivity contribution < 1.29 is 0 Å². The van der Waals surface area contributed by atoms with Crippen LogP contribution in [0.15, 0.2) is 93.7 Å². The molecule has 0 aromatic heterocycles. The van der Waals surface area contributed by atoms with Crippen LogP contribution in [-0.2, 0) is 0 Å². The van der Waals surface area contributed by atoms with Crippen molar-refractivity contribution in [1.82, 2.24) is 0 Å². The standard InChI is InChI=1S/C40H54/c1-31(19-13-21-33(3)25-27-37-35(5)23-15-29-39(37,7)8)17-11-12-18-32(2)20-14-22-34(4)26-28-38-36(6)24-16-30-40(38,9)10/h11-14,17-21,34H,15-16,22-24,29-30H2,1-10H3/b12-11+,19-13+,20-14+,31-17+,32-18+,33-21-. The van der Waals surface area contributed by atoms with E-state index in [0.29, 0.717) is 5.92 Å². The lowest BCUT2D eigenvalue weighted by atomic mass is 9.73. The third-order valence-corrected chi connectivity index (χ3v) is 8.15. The number of allylic oxidation sites excluding steroid dienone is 16. The van der Waals surface area contributed by atoms with Crippen LogP contribution in [0.25, 0.3) is 0 Å². The molecular formula is C40H54. The van der Waals surface area contributed by atoms with Crippen molar-refractivity contribution in [3.8, 4) is 23.7 Å². The van der Waals surface area contributed by atoms with E-state index in [-0.39, 0.29) is 10.8 Å². The van der Waals surface area contributed by atoms with Crippen molar-refractivity contribution in [3.63, 3.8) is 0 Å². The first-order valence-electron chi connectivity index (χ1n) is 15.3. The lowest BCUT2D eigenvalue weighted by Crippen LogP contribution is -2.19. The van der Waals surface area contributed by atoms with E-state index in [4.69, 9.17) is 0 Å². The maximum absolute atomic E-state index is 3.54. The van der Waals surface area contributed by atoms with Crippen molar-refractivity contribution in [2.24, 2.45) is 16.7 Å². The molecule has 0 nitrogen and oxygen atoms in total. The Balaban J connectivity index is 1.86. The van der Waals surface area contributed by atoms with Crippen LogP contribution in [0.2, 0.25) is 0 Å². The average Bonchev–Trinajstić information content (AvgIpc) is 2.85. The normalized spacial score (nSPS) is 21.1. The van der Waals surface area contributed by atoms with Crippen LogP contribution in [0.3, 0.4) is 0 Å². The zero-order valence-corrected chi connectivity index (χ0v) is 27.2. The van der Waals surface area contributed by atoms with Gasteiger partial charge in [0.05, 0.1) is 0 Å². The Hall–Kier alpha value is -2.96. The van der Waals surface area contributed by atoms with Gasteiger partial charge in [0.1, 0.15) is 0 Å². The Morgan fingerprint density at radius 3 is 1.82 bits per heavy atom. The molecule has 0 saturated carbocycles. The van der Waals surface area contributed by atoms with Gasteiger partial charge in [-0.1, -0.05) is 135 Å². The van der Waals surface area contributed by atoms with Crippen molar-refractivity contribution in [2.45, 2.75) is 114 Å². The molecule has 1 unspecified atom stereocenters. The highest BCUT2D eigenvalue weighted by atomic mass is 14.3. The second-order valence-electron chi connectivity index (χ2n) is 13.3. The van der Waals surface area contributed by atoms with Gasteiger partial charge in [-0.05, 0) is 96.0 Å². The van der Waals surface area contributed by atoms with Crippen molar-refractivity contribution >= 4 is 0 Å². The smallest absolute Gasteiger partial charge is 0.0212 e. The van der Waals surface area contributed by atoms with E-state index < -0.39 is 0 Å². The molecule has 0 aliphatic heterocycles. The molecule has 2 aliphatic carbocycles. The molecule has 0 heterocycles. The summed E-state index contributed by atoms with van der Waals surface area (Å²) in [4.78, 5) is 0. The fraction of sp³-hybridized carbons (Fsp3) is 0.500. The van der Waals surface area contributed by atoms with E-state index in [1.807, 2.05) is 0 Å². The predicted octanol–water partition coefficient (Wildman–Crippen LogP) is 11.6. The van der Waals surface area contributed by atoms with Crippen LogP contribution in [-0.4, -0.2) is 0 Å². The molecule has 0 heteroatoms. The number of hydrogen-bond acceptors (Lipinski definition) is 0. The molecule has 0 N–H and O–H groups in total. The van der Waals surface area contributed by atoms with Gasteiger partial charge in [-0.25, -0.2) is 0 Å². The molecule has 0 saturated heterocycles. The van der Waals surface area contributed by atoms with E-state index in [1.54, 1.807) is 0 Å². The summed E-state index contributed by atoms with van der Waals surface area (Å²) in [5.41, 5.74) is 9.64. The Kier molecular flexibility index (Phi) is 13.1. The fourth-order valence-corrected chi connectivity index (χ4v) is 5.58. The summed E-state index contributed by atoms with van der Waals surface area (Å²) in [6.45, 7) is 22.4. The summed E-state index contributed by atoms with van der Waals surface area (Å²) in [5, 5.41) is 0. The second-order valence-corrected chi connectivity index (χ2v) is 13.3. The monoisotopic (exact) mass is 534 g/mol. The summed E-state index contributed by atoms with van der Waals surface area (Å²) < 4.78 is 0. The molecule has 0 spiro atoms. The van der Waals surface area contributed by atoms with Crippen molar-refractivity contribution in [1.29, 1.82) is 0 Å². The molecule has 0 radical (unpaired) electrons. The topological polar surface area (TPSA) is 0 Å². The highest BCUT2D eigenvalue weighted by Crippen LogP contribution is 2.40.